The van der Waals surface area contributed by atoms with Crippen LogP contribution < -0.4 is 5.32 Å². The number of carbonyl (C=O) groups is 2. The second kappa shape index (κ2) is 10.7. The lowest BCUT2D eigenvalue weighted by Gasteiger charge is -2.30. The van der Waals surface area contributed by atoms with E-state index in [0.717, 1.165) is 35.7 Å². The summed E-state index contributed by atoms with van der Waals surface area (Å²) in [4.78, 5) is 27.8. The maximum Gasteiger partial charge on any atom is 0.242 e. The van der Waals surface area contributed by atoms with Crippen molar-refractivity contribution in [3.63, 3.8) is 0 Å². The number of carbonyl (C=O) groups excluding carboxylic acids is 2. The van der Waals surface area contributed by atoms with Gasteiger partial charge in [-0.3, -0.25) is 9.59 Å². The van der Waals surface area contributed by atoms with Crippen molar-refractivity contribution in [2.24, 2.45) is 0 Å². The number of nitrogens with zero attached hydrogens (tertiary/aromatic N) is 1. The van der Waals surface area contributed by atoms with Gasteiger partial charge in [-0.15, -0.1) is 0 Å². The minimum absolute atomic E-state index is 0.0353. The van der Waals surface area contributed by atoms with E-state index in [2.05, 4.69) is 21.2 Å². The normalized spacial score (nSPS) is 15.1. The molecule has 7 heteroatoms. The van der Waals surface area contributed by atoms with Crippen LogP contribution in [0.4, 0.5) is 0 Å². The molecule has 1 atom stereocenters. The SMILES string of the molecule is C[C@H](C(=O)NC1CCCC1)N(Cc1cccc(Br)c1)C(=O)Cc1c(Cl)cccc1Cl. The second-order valence-electron chi connectivity index (χ2n) is 7.69. The predicted molar refractivity (Wildman–Crippen MR) is 125 cm³/mol. The van der Waals surface area contributed by atoms with Crippen molar-refractivity contribution in [1.29, 1.82) is 0 Å². The van der Waals surface area contributed by atoms with Gasteiger partial charge >= 0.3 is 0 Å². The van der Waals surface area contributed by atoms with Crippen LogP contribution >= 0.6 is 39.1 Å². The standard InChI is InChI=1S/C23H25BrCl2N2O2/c1-15(23(30)27-18-8-2-3-9-18)28(14-16-6-4-7-17(24)12-16)22(29)13-19-20(25)10-5-11-21(19)26/h4-7,10-12,15,18H,2-3,8-9,13-14H2,1H3,(H,27,30)/t15-/m1/s1. The average Bonchev–Trinajstić information content (AvgIpc) is 3.21. The lowest BCUT2D eigenvalue weighted by Crippen LogP contribution is -2.50. The zero-order valence-corrected chi connectivity index (χ0v) is 19.9. The molecule has 1 saturated carbocycles. The molecule has 0 bridgehead atoms. The molecule has 3 rings (SSSR count). The van der Waals surface area contributed by atoms with Crippen LogP contribution in [0.25, 0.3) is 0 Å². The van der Waals surface area contributed by atoms with Gasteiger partial charge in [0.05, 0.1) is 6.42 Å². The van der Waals surface area contributed by atoms with Crippen LogP contribution in [-0.4, -0.2) is 28.8 Å². The van der Waals surface area contributed by atoms with Gasteiger partial charge in [0, 0.05) is 27.1 Å². The molecular weight excluding hydrogens is 487 g/mol. The molecule has 2 aromatic rings. The van der Waals surface area contributed by atoms with Gasteiger partial charge in [0.2, 0.25) is 11.8 Å². The van der Waals surface area contributed by atoms with E-state index in [1.807, 2.05) is 24.3 Å². The second-order valence-corrected chi connectivity index (χ2v) is 9.42. The largest absolute Gasteiger partial charge is 0.352 e. The highest BCUT2D eigenvalue weighted by molar-refractivity contribution is 9.10. The Labute approximate surface area is 196 Å². The van der Waals surface area contributed by atoms with Gasteiger partial charge in [0.15, 0.2) is 0 Å². The monoisotopic (exact) mass is 510 g/mol. The summed E-state index contributed by atoms with van der Waals surface area (Å²) in [5.41, 5.74) is 1.51. The maximum atomic E-state index is 13.3. The Morgan fingerprint density at radius 3 is 2.40 bits per heavy atom. The molecule has 0 aromatic heterocycles. The molecule has 0 unspecified atom stereocenters. The van der Waals surface area contributed by atoms with Crippen molar-refractivity contribution in [2.45, 2.75) is 57.7 Å². The highest BCUT2D eigenvalue weighted by Crippen LogP contribution is 2.26. The van der Waals surface area contributed by atoms with E-state index in [9.17, 15) is 9.59 Å². The zero-order chi connectivity index (χ0) is 21.7. The van der Waals surface area contributed by atoms with E-state index in [4.69, 9.17) is 23.2 Å². The molecule has 1 N–H and O–H groups in total. The lowest BCUT2D eigenvalue weighted by molar-refractivity contribution is -0.140. The minimum Gasteiger partial charge on any atom is -0.352 e. The summed E-state index contributed by atoms with van der Waals surface area (Å²) in [6.07, 6.45) is 4.28. The first-order chi connectivity index (χ1) is 14.3. The van der Waals surface area contributed by atoms with Crippen molar-refractivity contribution < 1.29 is 9.59 Å². The molecule has 0 radical (unpaired) electrons. The molecule has 4 nitrogen and oxygen atoms in total. The van der Waals surface area contributed by atoms with Crippen molar-refractivity contribution in [2.75, 3.05) is 0 Å². The van der Waals surface area contributed by atoms with Gasteiger partial charge in [0.25, 0.3) is 0 Å². The van der Waals surface area contributed by atoms with E-state index in [1.54, 1.807) is 30.0 Å². The van der Waals surface area contributed by atoms with Gasteiger partial charge in [-0.2, -0.15) is 0 Å². The summed E-state index contributed by atoms with van der Waals surface area (Å²) >= 11 is 16.0. The fourth-order valence-electron chi connectivity index (χ4n) is 3.76. The molecule has 160 valence electrons. The summed E-state index contributed by atoms with van der Waals surface area (Å²) in [6, 6.07) is 12.5. The summed E-state index contributed by atoms with van der Waals surface area (Å²) in [6.45, 7) is 2.09. The fraction of sp³-hybridized carbons (Fsp3) is 0.391. The quantitative estimate of drug-likeness (QED) is 0.512. The number of hydrogen-bond donors (Lipinski definition) is 1. The van der Waals surface area contributed by atoms with E-state index in [0.29, 0.717) is 22.2 Å². The molecule has 0 spiro atoms. The van der Waals surface area contributed by atoms with Crippen LogP contribution in [-0.2, 0) is 22.6 Å². The molecule has 1 aliphatic rings. The Bertz CT molecular complexity index is 896. The average molecular weight is 512 g/mol. The first kappa shape index (κ1) is 23.1. The van der Waals surface area contributed by atoms with Crippen LogP contribution in [0.2, 0.25) is 10.0 Å². The van der Waals surface area contributed by atoms with Gasteiger partial charge in [-0.05, 0) is 55.2 Å². The molecule has 0 saturated heterocycles. The fourth-order valence-corrected chi connectivity index (χ4v) is 4.74. The third-order valence-corrected chi connectivity index (χ3v) is 6.70. The molecular formula is C23H25BrCl2N2O2. The predicted octanol–water partition coefficient (Wildman–Crippen LogP) is 5.77. The first-order valence-electron chi connectivity index (χ1n) is 10.1. The smallest absolute Gasteiger partial charge is 0.242 e. The number of rotatable bonds is 7. The molecule has 1 aliphatic carbocycles. The molecule has 2 aromatic carbocycles. The highest BCUT2D eigenvalue weighted by Gasteiger charge is 2.29. The van der Waals surface area contributed by atoms with E-state index >= 15 is 0 Å². The Kier molecular flexibility index (Phi) is 8.20. The Morgan fingerprint density at radius 2 is 1.77 bits per heavy atom. The summed E-state index contributed by atoms with van der Waals surface area (Å²) in [5.74, 6) is -0.324. The van der Waals surface area contributed by atoms with Crippen LogP contribution in [0.3, 0.4) is 0 Å². The molecule has 0 heterocycles. The van der Waals surface area contributed by atoms with Gasteiger partial charge in [0.1, 0.15) is 6.04 Å². The van der Waals surface area contributed by atoms with Crippen LogP contribution in [0.1, 0.15) is 43.7 Å². The van der Waals surface area contributed by atoms with E-state index in [1.165, 1.54) is 0 Å². The number of hydrogen-bond acceptors (Lipinski definition) is 2. The molecule has 30 heavy (non-hydrogen) atoms. The Morgan fingerprint density at radius 1 is 1.13 bits per heavy atom. The van der Waals surface area contributed by atoms with Crippen molar-refractivity contribution in [3.05, 3.63) is 68.1 Å². The van der Waals surface area contributed by atoms with Crippen LogP contribution in [0.5, 0.6) is 0 Å². The molecule has 1 fully saturated rings. The van der Waals surface area contributed by atoms with Gasteiger partial charge < -0.3 is 10.2 Å². The number of halogens is 3. The topological polar surface area (TPSA) is 49.4 Å². The van der Waals surface area contributed by atoms with Crippen molar-refractivity contribution >= 4 is 50.9 Å². The van der Waals surface area contributed by atoms with Gasteiger partial charge in [-0.25, -0.2) is 0 Å². The summed E-state index contributed by atoms with van der Waals surface area (Å²) < 4.78 is 0.921. The number of nitrogens with one attached hydrogen (secondary N) is 1. The van der Waals surface area contributed by atoms with Crippen LogP contribution in [0.15, 0.2) is 46.9 Å². The Balaban J connectivity index is 1.82. The van der Waals surface area contributed by atoms with Crippen molar-refractivity contribution in [3.8, 4) is 0 Å². The first-order valence-corrected chi connectivity index (χ1v) is 11.7. The van der Waals surface area contributed by atoms with Crippen LogP contribution in [0, 0.1) is 0 Å². The molecule has 0 aliphatic heterocycles. The van der Waals surface area contributed by atoms with Gasteiger partial charge in [-0.1, -0.05) is 70.2 Å². The third-order valence-electron chi connectivity index (χ3n) is 5.50. The zero-order valence-electron chi connectivity index (χ0n) is 16.8. The van der Waals surface area contributed by atoms with E-state index < -0.39 is 6.04 Å². The summed E-state index contributed by atoms with van der Waals surface area (Å²) in [5, 5.41) is 3.99. The maximum absolute atomic E-state index is 13.3. The Hall–Kier alpha value is -1.56. The summed E-state index contributed by atoms with van der Waals surface area (Å²) in [7, 11) is 0. The third kappa shape index (κ3) is 5.99. The minimum atomic E-state index is -0.613. The van der Waals surface area contributed by atoms with Crippen molar-refractivity contribution in [1.82, 2.24) is 10.2 Å². The highest BCUT2D eigenvalue weighted by atomic mass is 79.9. The van der Waals surface area contributed by atoms with E-state index in [-0.39, 0.29) is 24.3 Å². The molecule has 2 amide bonds. The number of benzene rings is 2. The number of amides is 2. The lowest BCUT2D eigenvalue weighted by atomic mass is 10.1.